The lowest BCUT2D eigenvalue weighted by atomic mass is 10.3. The van der Waals surface area contributed by atoms with Gasteiger partial charge in [-0.15, -0.1) is 0 Å². The molecule has 0 aromatic carbocycles. The van der Waals surface area contributed by atoms with Gasteiger partial charge in [0.05, 0.1) is 5.69 Å². The summed E-state index contributed by atoms with van der Waals surface area (Å²) in [5, 5.41) is 3.25. The summed E-state index contributed by atoms with van der Waals surface area (Å²) >= 11 is 0. The monoisotopic (exact) mass is 201 g/mol. The van der Waals surface area contributed by atoms with Crippen LogP contribution in [0.1, 0.15) is 11.3 Å². The smallest absolute Gasteiger partial charge is 0.115 e. The van der Waals surface area contributed by atoms with Gasteiger partial charge in [-0.3, -0.25) is 0 Å². The van der Waals surface area contributed by atoms with Gasteiger partial charge in [-0.25, -0.2) is 19.9 Å². The summed E-state index contributed by atoms with van der Waals surface area (Å²) in [6, 6.07) is 1.88. The Morgan fingerprint density at radius 1 is 1.00 bits per heavy atom. The normalized spacial score (nSPS) is 10.1. The maximum atomic E-state index is 4.11. The molecule has 5 nitrogen and oxygen atoms in total. The van der Waals surface area contributed by atoms with E-state index in [9.17, 15) is 0 Å². The van der Waals surface area contributed by atoms with Crippen LogP contribution in [0.3, 0.4) is 0 Å². The number of aromatic nitrogens is 4. The molecule has 0 bridgehead atoms. The van der Waals surface area contributed by atoms with Crippen molar-refractivity contribution in [3.05, 3.63) is 48.6 Å². The maximum Gasteiger partial charge on any atom is 0.115 e. The lowest BCUT2D eigenvalue weighted by molar-refractivity contribution is 0.674. The highest BCUT2D eigenvalue weighted by atomic mass is 14.9. The molecule has 0 radical (unpaired) electrons. The third-order valence-electron chi connectivity index (χ3n) is 1.89. The van der Waals surface area contributed by atoms with Crippen LogP contribution < -0.4 is 5.32 Å². The minimum Gasteiger partial charge on any atom is -0.307 e. The van der Waals surface area contributed by atoms with E-state index in [-0.39, 0.29) is 0 Å². The van der Waals surface area contributed by atoms with E-state index in [2.05, 4.69) is 25.3 Å². The van der Waals surface area contributed by atoms with E-state index in [1.165, 1.54) is 6.33 Å². The molecule has 0 aliphatic rings. The summed E-state index contributed by atoms with van der Waals surface area (Å²) in [6.07, 6.45) is 8.38. The number of nitrogens with one attached hydrogen (secondary N) is 1. The van der Waals surface area contributed by atoms with E-state index in [1.54, 1.807) is 24.9 Å². The van der Waals surface area contributed by atoms with Crippen molar-refractivity contribution >= 4 is 0 Å². The van der Waals surface area contributed by atoms with Crippen LogP contribution in [0, 0.1) is 0 Å². The third-order valence-corrected chi connectivity index (χ3v) is 1.89. The van der Waals surface area contributed by atoms with Crippen LogP contribution in [0.4, 0.5) is 0 Å². The first kappa shape index (κ1) is 9.67. The summed E-state index contributed by atoms with van der Waals surface area (Å²) in [5.74, 6) is 0. The largest absolute Gasteiger partial charge is 0.307 e. The van der Waals surface area contributed by atoms with Crippen molar-refractivity contribution in [1.29, 1.82) is 0 Å². The van der Waals surface area contributed by atoms with E-state index < -0.39 is 0 Å². The van der Waals surface area contributed by atoms with Gasteiger partial charge in [0.25, 0.3) is 0 Å². The van der Waals surface area contributed by atoms with Crippen LogP contribution in [0.25, 0.3) is 0 Å². The predicted octanol–water partition coefficient (Wildman–Crippen LogP) is 0.556. The fourth-order valence-electron chi connectivity index (χ4n) is 1.18. The van der Waals surface area contributed by atoms with Gasteiger partial charge in [-0.2, -0.15) is 0 Å². The van der Waals surface area contributed by atoms with Gasteiger partial charge < -0.3 is 5.32 Å². The molecule has 0 fully saturated rings. The third kappa shape index (κ3) is 3.07. The SMILES string of the molecule is c1cc(CNCc2cncnc2)ncn1. The van der Waals surface area contributed by atoms with Crippen molar-refractivity contribution in [2.24, 2.45) is 0 Å². The van der Waals surface area contributed by atoms with Crippen molar-refractivity contribution in [2.45, 2.75) is 13.1 Å². The molecular weight excluding hydrogens is 190 g/mol. The molecule has 2 aromatic heterocycles. The van der Waals surface area contributed by atoms with Crippen molar-refractivity contribution in [3.63, 3.8) is 0 Å². The zero-order valence-electron chi connectivity index (χ0n) is 8.17. The summed E-state index contributed by atoms with van der Waals surface area (Å²) < 4.78 is 0. The molecule has 0 aliphatic carbocycles. The van der Waals surface area contributed by atoms with Crippen molar-refractivity contribution < 1.29 is 0 Å². The van der Waals surface area contributed by atoms with Gasteiger partial charge in [-0.05, 0) is 6.07 Å². The van der Waals surface area contributed by atoms with Crippen LogP contribution in [0.5, 0.6) is 0 Å². The van der Waals surface area contributed by atoms with Crippen LogP contribution in [-0.4, -0.2) is 19.9 Å². The molecule has 76 valence electrons. The zero-order chi connectivity index (χ0) is 10.3. The second-order valence-electron chi connectivity index (χ2n) is 3.05. The average Bonchev–Trinajstić information content (AvgIpc) is 2.32. The fourth-order valence-corrected chi connectivity index (χ4v) is 1.18. The van der Waals surface area contributed by atoms with Gasteiger partial charge in [0.2, 0.25) is 0 Å². The van der Waals surface area contributed by atoms with Gasteiger partial charge in [-0.1, -0.05) is 0 Å². The van der Waals surface area contributed by atoms with Crippen molar-refractivity contribution in [3.8, 4) is 0 Å². The Kier molecular flexibility index (Phi) is 3.30. The molecule has 15 heavy (non-hydrogen) atoms. The molecule has 0 saturated heterocycles. The van der Waals surface area contributed by atoms with Crippen LogP contribution in [0.15, 0.2) is 37.3 Å². The molecule has 2 heterocycles. The standard InChI is InChI=1S/C10H11N5/c1-2-11-8-15-10(1)6-12-3-9-4-13-7-14-5-9/h1-2,4-5,7-8,12H,3,6H2. The molecular formula is C10H11N5. The first-order valence-electron chi connectivity index (χ1n) is 4.64. The van der Waals surface area contributed by atoms with E-state index in [1.807, 2.05) is 6.07 Å². The van der Waals surface area contributed by atoms with Gasteiger partial charge >= 0.3 is 0 Å². The Labute approximate surface area is 87.6 Å². The molecule has 2 aromatic rings. The highest BCUT2D eigenvalue weighted by molar-refractivity contribution is 5.03. The lowest BCUT2D eigenvalue weighted by Gasteiger charge is -2.02. The first-order valence-corrected chi connectivity index (χ1v) is 4.64. The first-order chi connectivity index (χ1) is 7.45. The Morgan fingerprint density at radius 3 is 2.60 bits per heavy atom. The summed E-state index contributed by atoms with van der Waals surface area (Å²) in [6.45, 7) is 1.46. The quantitative estimate of drug-likeness (QED) is 0.782. The van der Waals surface area contributed by atoms with Gasteiger partial charge in [0, 0.05) is 37.2 Å². The minimum absolute atomic E-state index is 0.720. The Balaban J connectivity index is 1.81. The van der Waals surface area contributed by atoms with Crippen LogP contribution >= 0.6 is 0 Å². The fraction of sp³-hybridized carbons (Fsp3) is 0.200. The average molecular weight is 201 g/mol. The highest BCUT2D eigenvalue weighted by Gasteiger charge is 1.94. The highest BCUT2D eigenvalue weighted by Crippen LogP contribution is 1.94. The number of nitrogens with zero attached hydrogens (tertiary/aromatic N) is 4. The molecule has 2 rings (SSSR count). The summed E-state index contributed by atoms with van der Waals surface area (Å²) in [7, 11) is 0. The van der Waals surface area contributed by atoms with Crippen molar-refractivity contribution in [2.75, 3.05) is 0 Å². The molecule has 1 N–H and O–H groups in total. The predicted molar refractivity (Wildman–Crippen MR) is 54.6 cm³/mol. The van der Waals surface area contributed by atoms with Crippen molar-refractivity contribution in [1.82, 2.24) is 25.3 Å². The Morgan fingerprint density at radius 2 is 1.87 bits per heavy atom. The Hall–Kier alpha value is -1.88. The molecule has 0 unspecified atom stereocenters. The second kappa shape index (κ2) is 5.11. The number of hydrogen-bond acceptors (Lipinski definition) is 5. The molecule has 0 aliphatic heterocycles. The zero-order valence-corrected chi connectivity index (χ0v) is 8.17. The molecule has 0 saturated carbocycles. The number of hydrogen-bond donors (Lipinski definition) is 1. The number of rotatable bonds is 4. The molecule has 0 spiro atoms. The topological polar surface area (TPSA) is 63.6 Å². The van der Waals surface area contributed by atoms with Crippen LogP contribution in [0.2, 0.25) is 0 Å². The van der Waals surface area contributed by atoms with E-state index in [0.717, 1.165) is 24.3 Å². The maximum absolute atomic E-state index is 4.11. The molecule has 0 atom stereocenters. The van der Waals surface area contributed by atoms with Crippen LogP contribution in [-0.2, 0) is 13.1 Å². The van der Waals surface area contributed by atoms with E-state index in [0.29, 0.717) is 0 Å². The molecule has 0 amide bonds. The van der Waals surface area contributed by atoms with Gasteiger partial charge in [0.1, 0.15) is 12.7 Å². The van der Waals surface area contributed by atoms with Gasteiger partial charge in [0.15, 0.2) is 0 Å². The lowest BCUT2D eigenvalue weighted by Crippen LogP contribution is -2.13. The summed E-state index contributed by atoms with van der Waals surface area (Å²) in [4.78, 5) is 15.8. The summed E-state index contributed by atoms with van der Waals surface area (Å²) in [5.41, 5.74) is 2.04. The van der Waals surface area contributed by atoms with E-state index >= 15 is 0 Å². The minimum atomic E-state index is 0.720. The second-order valence-corrected chi connectivity index (χ2v) is 3.05. The molecule has 5 heteroatoms. The van der Waals surface area contributed by atoms with E-state index in [4.69, 9.17) is 0 Å². The Bertz CT molecular complexity index is 350.